The van der Waals surface area contributed by atoms with Crippen molar-refractivity contribution in [3.8, 4) is 0 Å². The van der Waals surface area contributed by atoms with Gasteiger partial charge in [0.15, 0.2) is 0 Å². The van der Waals surface area contributed by atoms with Gasteiger partial charge in [0.1, 0.15) is 11.5 Å². The number of aromatic nitrogens is 2. The smallest absolute Gasteiger partial charge is 0.142 e. The molecule has 0 saturated heterocycles. The molecular formula is C13H14FN3. The Bertz CT molecular complexity index is 585. The SMILES string of the molecule is CN1CCC=C(c2c[nH]c3ncc(F)cc23)C1. The maximum atomic E-state index is 13.2. The molecule has 2 aromatic rings. The van der Waals surface area contributed by atoms with Gasteiger partial charge in [0.05, 0.1) is 6.20 Å². The molecule has 0 spiro atoms. The van der Waals surface area contributed by atoms with Gasteiger partial charge in [-0.15, -0.1) is 0 Å². The quantitative estimate of drug-likeness (QED) is 0.817. The van der Waals surface area contributed by atoms with E-state index in [9.17, 15) is 4.39 Å². The van der Waals surface area contributed by atoms with E-state index in [1.807, 2.05) is 6.20 Å². The molecule has 1 N–H and O–H groups in total. The average Bonchev–Trinajstić information content (AvgIpc) is 2.71. The Morgan fingerprint density at radius 1 is 1.47 bits per heavy atom. The van der Waals surface area contributed by atoms with E-state index in [1.165, 1.54) is 11.8 Å². The van der Waals surface area contributed by atoms with Crippen LogP contribution in [0.2, 0.25) is 0 Å². The standard InChI is InChI=1S/C13H14FN3/c1-17-4-2-3-9(8-17)12-7-16-13-11(12)5-10(14)6-15-13/h3,5-7H,2,4,8H2,1H3,(H,15,16). The van der Waals surface area contributed by atoms with Gasteiger partial charge >= 0.3 is 0 Å². The summed E-state index contributed by atoms with van der Waals surface area (Å²) in [6.45, 7) is 1.99. The van der Waals surface area contributed by atoms with Gasteiger partial charge in [-0.3, -0.25) is 0 Å². The molecule has 0 saturated carbocycles. The molecule has 0 aromatic carbocycles. The van der Waals surface area contributed by atoms with Gasteiger partial charge in [0.25, 0.3) is 0 Å². The van der Waals surface area contributed by atoms with Crippen molar-refractivity contribution in [2.24, 2.45) is 0 Å². The first-order valence-electron chi connectivity index (χ1n) is 5.74. The van der Waals surface area contributed by atoms with Crippen LogP contribution in [0.1, 0.15) is 12.0 Å². The van der Waals surface area contributed by atoms with Crippen LogP contribution in [-0.2, 0) is 0 Å². The number of nitrogens with one attached hydrogen (secondary N) is 1. The minimum atomic E-state index is -0.289. The molecule has 17 heavy (non-hydrogen) atoms. The summed E-state index contributed by atoms with van der Waals surface area (Å²) in [5.74, 6) is -0.289. The number of hydrogen-bond donors (Lipinski definition) is 1. The number of hydrogen-bond acceptors (Lipinski definition) is 2. The van der Waals surface area contributed by atoms with Crippen LogP contribution in [-0.4, -0.2) is 35.0 Å². The molecule has 0 amide bonds. The minimum absolute atomic E-state index is 0.289. The highest BCUT2D eigenvalue weighted by Crippen LogP contribution is 2.27. The second-order valence-electron chi connectivity index (χ2n) is 4.51. The molecule has 3 heterocycles. The van der Waals surface area contributed by atoms with Crippen molar-refractivity contribution in [3.63, 3.8) is 0 Å². The normalized spacial score (nSPS) is 17.4. The van der Waals surface area contributed by atoms with Crippen LogP contribution < -0.4 is 0 Å². The van der Waals surface area contributed by atoms with Crippen molar-refractivity contribution in [3.05, 3.63) is 35.9 Å². The van der Waals surface area contributed by atoms with Crippen molar-refractivity contribution in [2.75, 3.05) is 20.1 Å². The molecule has 4 heteroatoms. The van der Waals surface area contributed by atoms with Gasteiger partial charge in [-0.25, -0.2) is 9.37 Å². The largest absolute Gasteiger partial charge is 0.346 e. The number of H-pyrrole nitrogens is 1. The van der Waals surface area contributed by atoms with E-state index in [-0.39, 0.29) is 5.82 Å². The monoisotopic (exact) mass is 231 g/mol. The van der Waals surface area contributed by atoms with E-state index in [2.05, 4.69) is 28.0 Å². The molecule has 0 fully saturated rings. The number of fused-ring (bicyclic) bond motifs is 1. The second-order valence-corrected chi connectivity index (χ2v) is 4.51. The van der Waals surface area contributed by atoms with Crippen molar-refractivity contribution in [2.45, 2.75) is 6.42 Å². The zero-order chi connectivity index (χ0) is 11.8. The number of likely N-dealkylation sites (N-methyl/N-ethyl adjacent to an activating group) is 1. The summed E-state index contributed by atoms with van der Waals surface area (Å²) in [5.41, 5.74) is 3.06. The molecule has 0 radical (unpaired) electrons. The molecular weight excluding hydrogens is 217 g/mol. The molecule has 3 rings (SSSR count). The zero-order valence-electron chi connectivity index (χ0n) is 9.70. The molecule has 0 atom stereocenters. The summed E-state index contributed by atoms with van der Waals surface area (Å²) in [5, 5.41) is 0.867. The van der Waals surface area contributed by atoms with Gasteiger partial charge in [0, 0.05) is 30.2 Å². The van der Waals surface area contributed by atoms with Gasteiger partial charge in [-0.1, -0.05) is 6.08 Å². The lowest BCUT2D eigenvalue weighted by Gasteiger charge is -2.22. The molecule has 2 aromatic heterocycles. The molecule has 0 aliphatic carbocycles. The Balaban J connectivity index is 2.11. The van der Waals surface area contributed by atoms with Gasteiger partial charge < -0.3 is 9.88 Å². The fourth-order valence-electron chi connectivity index (χ4n) is 2.33. The average molecular weight is 231 g/mol. The minimum Gasteiger partial charge on any atom is -0.346 e. The van der Waals surface area contributed by atoms with Crippen LogP contribution in [0.25, 0.3) is 16.6 Å². The third-order valence-electron chi connectivity index (χ3n) is 3.19. The van der Waals surface area contributed by atoms with E-state index in [1.54, 1.807) is 6.07 Å². The number of halogens is 1. The van der Waals surface area contributed by atoms with E-state index < -0.39 is 0 Å². The van der Waals surface area contributed by atoms with Crippen LogP contribution >= 0.6 is 0 Å². The summed E-state index contributed by atoms with van der Waals surface area (Å²) < 4.78 is 13.2. The molecule has 3 nitrogen and oxygen atoms in total. The maximum absolute atomic E-state index is 13.2. The first-order valence-corrected chi connectivity index (χ1v) is 5.74. The van der Waals surface area contributed by atoms with E-state index in [0.29, 0.717) is 0 Å². The van der Waals surface area contributed by atoms with Crippen molar-refractivity contribution >= 4 is 16.6 Å². The van der Waals surface area contributed by atoms with Crippen LogP contribution in [0.15, 0.2) is 24.5 Å². The Hall–Kier alpha value is -1.68. The Morgan fingerprint density at radius 3 is 3.18 bits per heavy atom. The second kappa shape index (κ2) is 3.96. The van der Waals surface area contributed by atoms with E-state index in [0.717, 1.165) is 36.1 Å². The van der Waals surface area contributed by atoms with Crippen molar-refractivity contribution in [1.29, 1.82) is 0 Å². The lowest BCUT2D eigenvalue weighted by molar-refractivity contribution is 0.373. The first kappa shape index (κ1) is 10.5. The van der Waals surface area contributed by atoms with Gasteiger partial charge in [0.2, 0.25) is 0 Å². The summed E-state index contributed by atoms with van der Waals surface area (Å²) in [6, 6.07) is 1.55. The molecule has 1 aliphatic heterocycles. The summed E-state index contributed by atoms with van der Waals surface area (Å²) in [4.78, 5) is 9.40. The summed E-state index contributed by atoms with van der Waals surface area (Å²) >= 11 is 0. The fraction of sp³-hybridized carbons (Fsp3) is 0.308. The van der Waals surface area contributed by atoms with Crippen LogP contribution in [0.5, 0.6) is 0 Å². The molecule has 0 unspecified atom stereocenters. The predicted octanol–water partition coefficient (Wildman–Crippen LogP) is 2.42. The topological polar surface area (TPSA) is 31.9 Å². The van der Waals surface area contributed by atoms with E-state index in [4.69, 9.17) is 0 Å². The van der Waals surface area contributed by atoms with Gasteiger partial charge in [-0.05, 0) is 25.1 Å². The molecule has 1 aliphatic rings. The van der Waals surface area contributed by atoms with Gasteiger partial charge in [-0.2, -0.15) is 0 Å². The zero-order valence-corrected chi connectivity index (χ0v) is 9.70. The van der Waals surface area contributed by atoms with Crippen molar-refractivity contribution in [1.82, 2.24) is 14.9 Å². The Morgan fingerprint density at radius 2 is 2.35 bits per heavy atom. The highest BCUT2D eigenvalue weighted by atomic mass is 19.1. The van der Waals surface area contributed by atoms with E-state index >= 15 is 0 Å². The highest BCUT2D eigenvalue weighted by Gasteiger charge is 2.14. The summed E-state index contributed by atoms with van der Waals surface area (Å²) in [7, 11) is 2.10. The third kappa shape index (κ3) is 1.85. The summed E-state index contributed by atoms with van der Waals surface area (Å²) in [6.07, 6.45) is 6.43. The van der Waals surface area contributed by atoms with Crippen LogP contribution in [0.4, 0.5) is 4.39 Å². The fourth-order valence-corrected chi connectivity index (χ4v) is 2.33. The maximum Gasteiger partial charge on any atom is 0.142 e. The number of pyridine rings is 1. The number of nitrogens with zero attached hydrogens (tertiary/aromatic N) is 2. The Kier molecular flexibility index (Phi) is 2.44. The number of aromatic amines is 1. The van der Waals surface area contributed by atoms with Crippen LogP contribution in [0, 0.1) is 5.82 Å². The third-order valence-corrected chi connectivity index (χ3v) is 3.19. The predicted molar refractivity (Wildman–Crippen MR) is 66.1 cm³/mol. The first-order chi connectivity index (χ1) is 8.24. The van der Waals surface area contributed by atoms with Crippen molar-refractivity contribution < 1.29 is 4.39 Å². The lowest BCUT2D eigenvalue weighted by atomic mass is 10.0. The number of rotatable bonds is 1. The molecule has 88 valence electrons. The lowest BCUT2D eigenvalue weighted by Crippen LogP contribution is -2.24. The molecule has 0 bridgehead atoms. The van der Waals surface area contributed by atoms with Crippen LogP contribution in [0.3, 0.4) is 0 Å². The highest BCUT2D eigenvalue weighted by molar-refractivity contribution is 5.91. The Labute approximate surface area is 99.0 Å².